The molecule has 0 saturated carbocycles. The summed E-state index contributed by atoms with van der Waals surface area (Å²) in [6, 6.07) is 9.09. The average molecular weight is 574 g/mol. The van der Waals surface area contributed by atoms with E-state index < -0.39 is 53.6 Å². The number of anilines is 2. The summed E-state index contributed by atoms with van der Waals surface area (Å²) in [6.07, 6.45) is 0. The molecule has 0 fully saturated rings. The van der Waals surface area contributed by atoms with Gasteiger partial charge in [0, 0.05) is 11.1 Å². The Bertz CT molecular complexity index is 1740. The Hall–Kier alpha value is -3.68. The van der Waals surface area contributed by atoms with Gasteiger partial charge >= 0.3 is 16.4 Å². The normalized spacial score (nSPS) is 12.7. The minimum absolute atomic E-state index is 0.0667. The van der Waals surface area contributed by atoms with E-state index in [9.17, 15) is 34.6 Å². The molecule has 0 unspecified atom stereocenters. The number of fused-ring (bicyclic) bond motifs is 1. The molecule has 0 atom stereocenters. The Morgan fingerprint density at radius 2 is 1.57 bits per heavy atom. The number of benzene rings is 3. The molecule has 0 aliphatic heterocycles. The van der Waals surface area contributed by atoms with Crippen LogP contribution in [-0.2, 0) is 34.5 Å². The number of hydrogen-bond acceptors (Lipinski definition) is 11. The molecule has 0 aliphatic rings. The van der Waals surface area contributed by atoms with Crippen molar-refractivity contribution in [2.75, 3.05) is 23.4 Å². The number of sulfone groups is 1. The molecule has 0 bridgehead atoms. The fraction of sp³-hybridized carbons (Fsp3) is 0.105. The molecule has 18 heteroatoms. The second-order valence-electron chi connectivity index (χ2n) is 7.30. The van der Waals surface area contributed by atoms with Crippen LogP contribution < -0.4 is 16.8 Å². The minimum atomic E-state index is -4.88. The molecule has 2 amide bonds. The van der Waals surface area contributed by atoms with Gasteiger partial charge in [-0.05, 0) is 41.8 Å². The first-order valence-corrected chi connectivity index (χ1v) is 14.3. The quantitative estimate of drug-likeness (QED) is 0.141. The van der Waals surface area contributed by atoms with Crippen LogP contribution in [0.3, 0.4) is 0 Å². The molecular formula is C19H19N5O10S3. The molecule has 0 aliphatic carbocycles. The van der Waals surface area contributed by atoms with Crippen molar-refractivity contribution in [1.82, 2.24) is 0 Å². The van der Waals surface area contributed by atoms with Crippen molar-refractivity contribution in [3.8, 4) is 0 Å². The number of nitrogens with two attached hydrogens (primary N) is 2. The van der Waals surface area contributed by atoms with Crippen LogP contribution in [0.25, 0.3) is 10.8 Å². The summed E-state index contributed by atoms with van der Waals surface area (Å²) in [6.45, 7) is -0.850. The van der Waals surface area contributed by atoms with Crippen LogP contribution >= 0.6 is 0 Å². The van der Waals surface area contributed by atoms with Crippen molar-refractivity contribution in [1.29, 1.82) is 0 Å². The van der Waals surface area contributed by atoms with E-state index in [4.69, 9.17) is 16.0 Å². The van der Waals surface area contributed by atoms with Crippen molar-refractivity contribution < 1.29 is 43.3 Å². The van der Waals surface area contributed by atoms with E-state index in [-0.39, 0.29) is 38.4 Å². The van der Waals surface area contributed by atoms with Gasteiger partial charge in [0.2, 0.25) is 0 Å². The van der Waals surface area contributed by atoms with Gasteiger partial charge in [0.1, 0.15) is 16.3 Å². The molecule has 37 heavy (non-hydrogen) atoms. The van der Waals surface area contributed by atoms with E-state index >= 15 is 0 Å². The Morgan fingerprint density at radius 1 is 0.919 bits per heavy atom. The Balaban J connectivity index is 2.01. The van der Waals surface area contributed by atoms with Crippen LogP contribution in [0.4, 0.5) is 27.5 Å². The standard InChI is InChI=1S/C19H19N5O10S3/c20-15-10-12(22-19(21)25)2-6-16(15)23-24-17-5-1-11-9-13(3-4-14(11)18(17)36(28,29)30)35(26,27)8-7-34-37(31,32)33/h1-6,9-10H,7-8,20H2,(H3,21,22,25)(H,28,29,30)(H,31,32,33). The summed E-state index contributed by atoms with van der Waals surface area (Å²) in [7, 11) is -13.8. The van der Waals surface area contributed by atoms with Crippen molar-refractivity contribution in [2.24, 2.45) is 16.0 Å². The zero-order chi connectivity index (χ0) is 27.6. The molecule has 0 saturated heterocycles. The molecule has 3 aromatic carbocycles. The van der Waals surface area contributed by atoms with E-state index in [0.29, 0.717) is 0 Å². The third kappa shape index (κ3) is 7.18. The summed E-state index contributed by atoms with van der Waals surface area (Å²) >= 11 is 0. The number of carbonyl (C=O) groups is 1. The molecule has 7 N–H and O–H groups in total. The molecule has 15 nitrogen and oxygen atoms in total. The highest BCUT2D eigenvalue weighted by atomic mass is 32.3. The van der Waals surface area contributed by atoms with E-state index in [1.165, 1.54) is 30.3 Å². The van der Waals surface area contributed by atoms with Crippen molar-refractivity contribution >= 4 is 69.9 Å². The topological polar surface area (TPSA) is 258 Å². The fourth-order valence-corrected chi connectivity index (χ4v) is 5.51. The maximum absolute atomic E-state index is 12.5. The molecule has 0 spiro atoms. The van der Waals surface area contributed by atoms with Gasteiger partial charge in [-0.25, -0.2) is 17.4 Å². The molecule has 3 aromatic rings. The van der Waals surface area contributed by atoms with E-state index in [2.05, 4.69) is 19.7 Å². The second kappa shape index (κ2) is 10.4. The van der Waals surface area contributed by atoms with Crippen LogP contribution in [0.1, 0.15) is 0 Å². The SMILES string of the molecule is NC(=O)Nc1ccc(N=Nc2ccc3cc(S(=O)(=O)CCOS(=O)(=O)O)ccc3c2S(=O)(=O)O)c(N)c1. The van der Waals surface area contributed by atoms with Gasteiger partial charge < -0.3 is 16.8 Å². The predicted octanol–water partition coefficient (Wildman–Crippen LogP) is 2.17. The number of azo groups is 1. The molecule has 0 aromatic heterocycles. The Labute approximate surface area is 210 Å². The molecular weight excluding hydrogens is 554 g/mol. The van der Waals surface area contributed by atoms with Crippen LogP contribution in [0, 0.1) is 0 Å². The first-order chi connectivity index (χ1) is 17.1. The number of rotatable bonds is 9. The Kier molecular flexibility index (Phi) is 7.81. The van der Waals surface area contributed by atoms with E-state index in [0.717, 1.165) is 18.2 Å². The van der Waals surface area contributed by atoms with E-state index in [1.807, 2.05) is 0 Å². The van der Waals surface area contributed by atoms with Gasteiger partial charge in [-0.1, -0.05) is 12.1 Å². The number of urea groups is 1. The number of amides is 2. The number of carbonyl (C=O) groups excluding carboxylic acids is 1. The lowest BCUT2D eigenvalue weighted by molar-refractivity contribution is 0.259. The van der Waals surface area contributed by atoms with Gasteiger partial charge in [0.25, 0.3) is 10.1 Å². The summed E-state index contributed by atoms with van der Waals surface area (Å²) in [5.41, 5.74) is 11.1. The highest BCUT2D eigenvalue weighted by molar-refractivity contribution is 7.91. The fourth-order valence-electron chi connectivity index (χ4n) is 3.15. The molecule has 0 heterocycles. The average Bonchev–Trinajstić information content (AvgIpc) is 2.75. The van der Waals surface area contributed by atoms with Crippen molar-refractivity contribution in [3.05, 3.63) is 48.5 Å². The molecule has 0 radical (unpaired) electrons. The van der Waals surface area contributed by atoms with Gasteiger partial charge in [-0.2, -0.15) is 16.8 Å². The highest BCUT2D eigenvalue weighted by Gasteiger charge is 2.22. The maximum atomic E-state index is 12.5. The van der Waals surface area contributed by atoms with Crippen molar-refractivity contribution in [3.63, 3.8) is 0 Å². The number of nitrogens with one attached hydrogen (secondary N) is 1. The zero-order valence-electron chi connectivity index (χ0n) is 18.5. The Morgan fingerprint density at radius 3 is 2.16 bits per heavy atom. The largest absolute Gasteiger partial charge is 0.397 e. The first-order valence-electron chi connectivity index (χ1n) is 9.83. The third-order valence-corrected chi connectivity index (χ3v) is 7.77. The van der Waals surface area contributed by atoms with E-state index in [1.54, 1.807) is 0 Å². The van der Waals surface area contributed by atoms with Crippen LogP contribution in [-0.4, -0.2) is 52.7 Å². The molecule has 3 rings (SSSR count). The smallest absolute Gasteiger partial charge is 0.397 e. The van der Waals surface area contributed by atoms with Gasteiger partial charge in [0.05, 0.1) is 22.9 Å². The lowest BCUT2D eigenvalue weighted by atomic mass is 10.1. The second-order valence-corrected chi connectivity index (χ2v) is 11.9. The summed E-state index contributed by atoms with van der Waals surface area (Å²) < 4.78 is 93.0. The number of nitrogens with zero attached hydrogens (tertiary/aromatic N) is 2. The lowest BCUT2D eigenvalue weighted by Gasteiger charge is -2.10. The predicted molar refractivity (Wildman–Crippen MR) is 132 cm³/mol. The van der Waals surface area contributed by atoms with Crippen LogP contribution in [0.15, 0.2) is 68.6 Å². The summed E-state index contributed by atoms with van der Waals surface area (Å²) in [5, 5.41) is 10.1. The van der Waals surface area contributed by atoms with Gasteiger partial charge in [0.15, 0.2) is 9.84 Å². The zero-order valence-corrected chi connectivity index (χ0v) is 20.9. The minimum Gasteiger partial charge on any atom is -0.397 e. The number of hydrogen-bond donors (Lipinski definition) is 5. The summed E-state index contributed by atoms with van der Waals surface area (Å²) in [4.78, 5) is 10.00. The van der Waals surface area contributed by atoms with Gasteiger partial charge in [-0.15, -0.1) is 10.2 Å². The third-order valence-electron chi connectivity index (χ3n) is 4.68. The number of nitrogen functional groups attached to an aromatic ring is 1. The van der Waals surface area contributed by atoms with Crippen LogP contribution in [0.5, 0.6) is 0 Å². The first kappa shape index (κ1) is 27.9. The summed E-state index contributed by atoms with van der Waals surface area (Å²) in [5.74, 6) is -0.801. The lowest BCUT2D eigenvalue weighted by Crippen LogP contribution is -2.19. The monoisotopic (exact) mass is 573 g/mol. The van der Waals surface area contributed by atoms with Gasteiger partial charge in [-0.3, -0.25) is 9.11 Å². The highest BCUT2D eigenvalue weighted by Crippen LogP contribution is 2.35. The molecule has 198 valence electrons. The van der Waals surface area contributed by atoms with Crippen LogP contribution in [0.2, 0.25) is 0 Å². The van der Waals surface area contributed by atoms with Crippen molar-refractivity contribution in [2.45, 2.75) is 9.79 Å². The maximum Gasteiger partial charge on any atom is 0.397 e. The number of primary amides is 1.